The van der Waals surface area contributed by atoms with Gasteiger partial charge < -0.3 is 19.9 Å². The number of amides is 3. The molecule has 1 aromatic rings. The van der Waals surface area contributed by atoms with Crippen molar-refractivity contribution < 1.29 is 19.1 Å². The molecule has 3 rings (SSSR count). The molecule has 0 aromatic heterocycles. The molecule has 1 aromatic carbocycles. The Morgan fingerprint density at radius 2 is 1.74 bits per heavy atom. The van der Waals surface area contributed by atoms with Crippen LogP contribution in [0, 0.1) is 5.92 Å². The van der Waals surface area contributed by atoms with E-state index >= 15 is 0 Å². The molecule has 1 aliphatic heterocycles. The Balaban J connectivity index is 1.71. The molecule has 1 heterocycles. The summed E-state index contributed by atoms with van der Waals surface area (Å²) in [5.41, 5.74) is 0.978. The Kier molecular flexibility index (Phi) is 5.98. The predicted molar refractivity (Wildman–Crippen MR) is 102 cm³/mol. The van der Waals surface area contributed by atoms with Gasteiger partial charge in [0.15, 0.2) is 0 Å². The van der Waals surface area contributed by atoms with Crippen LogP contribution >= 0.6 is 0 Å². The fourth-order valence-electron chi connectivity index (χ4n) is 3.58. The van der Waals surface area contributed by atoms with Gasteiger partial charge >= 0.3 is 0 Å². The van der Waals surface area contributed by atoms with E-state index < -0.39 is 0 Å². The largest absolute Gasteiger partial charge is 0.496 e. The standard InChI is InChI=1S/C20H27N3O4/c1-14(24)21-16-7-8-18(27-2)17(13-16)20(26)23-10-4-9-22(11-12-23)19(25)15-5-3-6-15/h7-8,13,15H,3-6,9-12H2,1-2H3,(H,21,24). The third-order valence-electron chi connectivity index (χ3n) is 5.30. The SMILES string of the molecule is COc1ccc(NC(C)=O)cc1C(=O)N1CCCN(C(=O)C2CCC2)CC1. The molecular formula is C20H27N3O4. The van der Waals surface area contributed by atoms with E-state index in [1.54, 1.807) is 23.1 Å². The summed E-state index contributed by atoms with van der Waals surface area (Å²) in [6.45, 7) is 3.79. The maximum absolute atomic E-state index is 13.1. The van der Waals surface area contributed by atoms with Gasteiger partial charge in [0.1, 0.15) is 5.75 Å². The highest BCUT2D eigenvalue weighted by atomic mass is 16.5. The number of hydrogen-bond donors (Lipinski definition) is 1. The van der Waals surface area contributed by atoms with Crippen LogP contribution in [0.15, 0.2) is 18.2 Å². The molecule has 1 saturated carbocycles. The molecule has 2 fully saturated rings. The molecule has 3 amide bonds. The van der Waals surface area contributed by atoms with E-state index in [-0.39, 0.29) is 23.6 Å². The quantitative estimate of drug-likeness (QED) is 0.877. The zero-order chi connectivity index (χ0) is 19.4. The number of carbonyl (C=O) groups excluding carboxylic acids is 3. The zero-order valence-corrected chi connectivity index (χ0v) is 16.0. The molecule has 1 aliphatic carbocycles. The monoisotopic (exact) mass is 373 g/mol. The maximum atomic E-state index is 13.1. The lowest BCUT2D eigenvalue weighted by Crippen LogP contribution is -2.41. The van der Waals surface area contributed by atoms with E-state index in [1.165, 1.54) is 14.0 Å². The molecule has 0 bridgehead atoms. The summed E-state index contributed by atoms with van der Waals surface area (Å²) in [4.78, 5) is 40.5. The van der Waals surface area contributed by atoms with Crippen LogP contribution in [0.5, 0.6) is 5.75 Å². The molecule has 0 radical (unpaired) electrons. The molecule has 7 heteroatoms. The smallest absolute Gasteiger partial charge is 0.257 e. The van der Waals surface area contributed by atoms with E-state index in [9.17, 15) is 14.4 Å². The molecular weight excluding hydrogens is 346 g/mol. The van der Waals surface area contributed by atoms with Crippen LogP contribution in [-0.2, 0) is 9.59 Å². The fourth-order valence-corrected chi connectivity index (χ4v) is 3.58. The molecule has 0 unspecified atom stereocenters. The van der Waals surface area contributed by atoms with Gasteiger partial charge in [0.05, 0.1) is 12.7 Å². The number of anilines is 1. The van der Waals surface area contributed by atoms with Crippen molar-refractivity contribution in [3.63, 3.8) is 0 Å². The number of nitrogens with one attached hydrogen (secondary N) is 1. The molecule has 27 heavy (non-hydrogen) atoms. The van der Waals surface area contributed by atoms with Crippen molar-refractivity contribution in [3.8, 4) is 5.75 Å². The van der Waals surface area contributed by atoms with Crippen LogP contribution in [0.2, 0.25) is 0 Å². The van der Waals surface area contributed by atoms with Crippen molar-refractivity contribution in [1.82, 2.24) is 9.80 Å². The van der Waals surface area contributed by atoms with E-state index in [1.807, 2.05) is 4.90 Å². The first-order valence-corrected chi connectivity index (χ1v) is 9.53. The number of nitrogens with zero attached hydrogens (tertiary/aromatic N) is 2. The van der Waals surface area contributed by atoms with Crippen LogP contribution in [0.4, 0.5) is 5.69 Å². The third-order valence-corrected chi connectivity index (χ3v) is 5.30. The lowest BCUT2D eigenvalue weighted by molar-refractivity contribution is -0.138. The van der Waals surface area contributed by atoms with Gasteiger partial charge in [-0.3, -0.25) is 14.4 Å². The van der Waals surface area contributed by atoms with Crippen molar-refractivity contribution >= 4 is 23.4 Å². The topological polar surface area (TPSA) is 79.0 Å². The van der Waals surface area contributed by atoms with Crippen LogP contribution in [0.1, 0.15) is 43.0 Å². The Bertz CT molecular complexity index is 730. The summed E-state index contributed by atoms with van der Waals surface area (Å²) in [6, 6.07) is 5.03. The first-order valence-electron chi connectivity index (χ1n) is 9.53. The minimum absolute atomic E-state index is 0.142. The highest BCUT2D eigenvalue weighted by Crippen LogP contribution is 2.29. The lowest BCUT2D eigenvalue weighted by atomic mass is 9.84. The number of methoxy groups -OCH3 is 1. The average molecular weight is 373 g/mol. The van der Waals surface area contributed by atoms with Crippen molar-refractivity contribution in [1.29, 1.82) is 0 Å². The molecule has 1 N–H and O–H groups in total. The second-order valence-electron chi connectivity index (χ2n) is 7.20. The zero-order valence-electron chi connectivity index (χ0n) is 16.0. The van der Waals surface area contributed by atoms with E-state index in [0.29, 0.717) is 43.2 Å². The Morgan fingerprint density at radius 1 is 1.04 bits per heavy atom. The number of hydrogen-bond acceptors (Lipinski definition) is 4. The third kappa shape index (κ3) is 4.40. The van der Waals surface area contributed by atoms with Gasteiger partial charge in [0.25, 0.3) is 5.91 Å². The molecule has 0 atom stereocenters. The minimum Gasteiger partial charge on any atom is -0.496 e. The number of benzene rings is 1. The van der Waals surface area contributed by atoms with Gasteiger partial charge in [-0.25, -0.2) is 0 Å². The van der Waals surface area contributed by atoms with Gasteiger partial charge in [-0.2, -0.15) is 0 Å². The normalized spacial score (nSPS) is 17.7. The molecule has 1 saturated heterocycles. The van der Waals surface area contributed by atoms with Crippen molar-refractivity contribution in [2.24, 2.45) is 5.92 Å². The van der Waals surface area contributed by atoms with Gasteiger partial charge in [0, 0.05) is 44.7 Å². The van der Waals surface area contributed by atoms with Crippen LogP contribution in [0.25, 0.3) is 0 Å². The fraction of sp³-hybridized carbons (Fsp3) is 0.550. The van der Waals surface area contributed by atoms with E-state index in [0.717, 1.165) is 25.7 Å². The summed E-state index contributed by atoms with van der Waals surface area (Å²) in [6.07, 6.45) is 3.88. The van der Waals surface area contributed by atoms with Crippen LogP contribution in [-0.4, -0.2) is 60.8 Å². The predicted octanol–water partition coefficient (Wildman–Crippen LogP) is 2.13. The minimum atomic E-state index is -0.196. The summed E-state index contributed by atoms with van der Waals surface area (Å²) < 4.78 is 5.34. The van der Waals surface area contributed by atoms with E-state index in [2.05, 4.69) is 5.32 Å². The second-order valence-corrected chi connectivity index (χ2v) is 7.20. The molecule has 7 nitrogen and oxygen atoms in total. The Hall–Kier alpha value is -2.57. The van der Waals surface area contributed by atoms with Gasteiger partial charge in [-0.1, -0.05) is 6.42 Å². The average Bonchev–Trinajstić information content (AvgIpc) is 2.85. The molecule has 146 valence electrons. The maximum Gasteiger partial charge on any atom is 0.257 e. The van der Waals surface area contributed by atoms with Gasteiger partial charge in [0.2, 0.25) is 11.8 Å². The van der Waals surface area contributed by atoms with Crippen LogP contribution < -0.4 is 10.1 Å². The highest BCUT2D eigenvalue weighted by Gasteiger charge is 2.31. The molecule has 2 aliphatic rings. The second kappa shape index (κ2) is 8.41. The first kappa shape index (κ1) is 19.2. The Morgan fingerprint density at radius 3 is 2.37 bits per heavy atom. The summed E-state index contributed by atoms with van der Waals surface area (Å²) in [5, 5.41) is 2.70. The molecule has 0 spiro atoms. The number of carbonyl (C=O) groups is 3. The van der Waals surface area contributed by atoms with Crippen molar-refractivity contribution in [2.75, 3.05) is 38.6 Å². The number of ether oxygens (including phenoxy) is 1. The van der Waals surface area contributed by atoms with Crippen molar-refractivity contribution in [3.05, 3.63) is 23.8 Å². The summed E-state index contributed by atoms with van der Waals surface area (Å²) in [7, 11) is 1.52. The Labute approximate surface area is 159 Å². The number of rotatable bonds is 4. The van der Waals surface area contributed by atoms with Gasteiger partial charge in [-0.15, -0.1) is 0 Å². The first-order chi connectivity index (χ1) is 13.0. The highest BCUT2D eigenvalue weighted by molar-refractivity contribution is 5.99. The van der Waals surface area contributed by atoms with Crippen molar-refractivity contribution in [2.45, 2.75) is 32.6 Å². The van der Waals surface area contributed by atoms with Gasteiger partial charge in [-0.05, 0) is 37.5 Å². The summed E-state index contributed by atoms with van der Waals surface area (Å²) >= 11 is 0. The van der Waals surface area contributed by atoms with E-state index in [4.69, 9.17) is 4.74 Å². The van der Waals surface area contributed by atoms with Crippen LogP contribution in [0.3, 0.4) is 0 Å². The summed E-state index contributed by atoms with van der Waals surface area (Å²) in [5.74, 6) is 0.554. The lowest BCUT2D eigenvalue weighted by Gasteiger charge is -2.31.